The average Bonchev–Trinajstić information content (AvgIpc) is 3.18. The van der Waals surface area contributed by atoms with Crippen LogP contribution in [-0.4, -0.2) is 15.9 Å². The number of hydrogen-bond donors (Lipinski definition) is 1. The number of para-hydroxylation sites is 1. The van der Waals surface area contributed by atoms with Gasteiger partial charge in [0.1, 0.15) is 0 Å². The van der Waals surface area contributed by atoms with E-state index in [0.29, 0.717) is 5.56 Å². The number of thiophene rings is 1. The van der Waals surface area contributed by atoms with Crippen LogP contribution in [0.25, 0.3) is 21.5 Å². The van der Waals surface area contributed by atoms with Gasteiger partial charge in [0.2, 0.25) is 0 Å². The van der Waals surface area contributed by atoms with Gasteiger partial charge in [-0.3, -0.25) is 9.78 Å². The predicted octanol–water partition coefficient (Wildman–Crippen LogP) is 5.54. The number of anilines is 1. The van der Waals surface area contributed by atoms with E-state index in [1.54, 1.807) is 11.3 Å². The number of carbonyl (C=O) groups is 1. The fraction of sp³-hybridized carbons (Fsp3) is 0.136. The van der Waals surface area contributed by atoms with Gasteiger partial charge in [-0.25, -0.2) is 4.98 Å². The molecule has 5 heteroatoms. The number of pyridine rings is 2. The molecule has 1 N–H and O–H groups in total. The fourth-order valence-corrected chi connectivity index (χ4v) is 3.99. The van der Waals surface area contributed by atoms with E-state index in [-0.39, 0.29) is 5.91 Å². The molecule has 3 aromatic heterocycles. The highest BCUT2D eigenvalue weighted by Crippen LogP contribution is 2.29. The highest BCUT2D eigenvalue weighted by atomic mass is 32.1. The quantitative estimate of drug-likeness (QED) is 0.513. The molecule has 0 saturated heterocycles. The second-order valence-corrected chi connectivity index (χ2v) is 7.49. The number of fused-ring (bicyclic) bond motifs is 1. The summed E-state index contributed by atoms with van der Waals surface area (Å²) in [6, 6.07) is 15.6. The first-order valence-corrected chi connectivity index (χ1v) is 9.61. The molecule has 3 heterocycles. The van der Waals surface area contributed by atoms with Crippen LogP contribution in [-0.2, 0) is 0 Å². The third-order valence-corrected chi connectivity index (χ3v) is 5.39. The smallest absolute Gasteiger partial charge is 0.256 e. The summed E-state index contributed by atoms with van der Waals surface area (Å²) >= 11 is 1.61. The lowest BCUT2D eigenvalue weighted by Crippen LogP contribution is -2.15. The molecule has 1 aromatic carbocycles. The molecule has 0 radical (unpaired) electrons. The molecule has 0 aliphatic rings. The van der Waals surface area contributed by atoms with E-state index in [1.807, 2.05) is 74.7 Å². The normalized spacial score (nSPS) is 10.9. The number of rotatable bonds is 3. The van der Waals surface area contributed by atoms with Gasteiger partial charge in [0.15, 0.2) is 0 Å². The summed E-state index contributed by atoms with van der Waals surface area (Å²) in [6.07, 6.45) is 0. The van der Waals surface area contributed by atoms with Gasteiger partial charge in [0.05, 0.1) is 33.0 Å². The molecule has 1 amide bonds. The molecule has 0 atom stereocenters. The van der Waals surface area contributed by atoms with E-state index >= 15 is 0 Å². The summed E-state index contributed by atoms with van der Waals surface area (Å²) in [5.41, 5.74) is 5.76. The van der Waals surface area contributed by atoms with Crippen molar-refractivity contribution in [2.75, 3.05) is 5.32 Å². The molecule has 134 valence electrons. The number of amides is 1. The Morgan fingerprint density at radius 3 is 2.56 bits per heavy atom. The number of aromatic nitrogens is 2. The minimum absolute atomic E-state index is 0.150. The van der Waals surface area contributed by atoms with E-state index in [1.165, 1.54) is 0 Å². The van der Waals surface area contributed by atoms with Crippen LogP contribution in [0.2, 0.25) is 0 Å². The van der Waals surface area contributed by atoms with Crippen molar-refractivity contribution >= 4 is 33.8 Å². The molecular weight excluding hydrogens is 354 g/mol. The van der Waals surface area contributed by atoms with E-state index in [0.717, 1.165) is 44.1 Å². The first-order valence-electron chi connectivity index (χ1n) is 8.73. The molecule has 0 fully saturated rings. The van der Waals surface area contributed by atoms with Gasteiger partial charge >= 0.3 is 0 Å². The Kier molecular flexibility index (Phi) is 4.46. The van der Waals surface area contributed by atoms with Gasteiger partial charge in [-0.2, -0.15) is 0 Å². The minimum atomic E-state index is -0.150. The Hall–Kier alpha value is -3.05. The van der Waals surface area contributed by atoms with Crippen LogP contribution in [0.1, 0.15) is 27.3 Å². The second-order valence-electron chi connectivity index (χ2n) is 6.54. The summed E-state index contributed by atoms with van der Waals surface area (Å²) in [5, 5.41) is 5.91. The average molecular weight is 373 g/mol. The van der Waals surface area contributed by atoms with Crippen molar-refractivity contribution in [3.63, 3.8) is 0 Å². The van der Waals surface area contributed by atoms with Crippen molar-refractivity contribution in [2.24, 2.45) is 0 Å². The molecule has 0 saturated carbocycles. The van der Waals surface area contributed by atoms with E-state index < -0.39 is 0 Å². The van der Waals surface area contributed by atoms with Crippen LogP contribution in [0.3, 0.4) is 0 Å². The van der Waals surface area contributed by atoms with Gasteiger partial charge < -0.3 is 5.32 Å². The maximum atomic E-state index is 13.2. The van der Waals surface area contributed by atoms with Crippen molar-refractivity contribution in [3.8, 4) is 10.6 Å². The van der Waals surface area contributed by atoms with Gasteiger partial charge in [-0.05, 0) is 56.0 Å². The molecule has 4 aromatic rings. The zero-order valence-electron chi connectivity index (χ0n) is 15.4. The lowest BCUT2D eigenvalue weighted by atomic mass is 10.1. The summed E-state index contributed by atoms with van der Waals surface area (Å²) in [7, 11) is 0. The van der Waals surface area contributed by atoms with Gasteiger partial charge in [-0.1, -0.05) is 24.3 Å². The summed E-state index contributed by atoms with van der Waals surface area (Å²) in [5.74, 6) is -0.150. The number of nitrogens with one attached hydrogen (secondary N) is 1. The molecule has 0 unspecified atom stereocenters. The van der Waals surface area contributed by atoms with Crippen molar-refractivity contribution in [2.45, 2.75) is 20.8 Å². The van der Waals surface area contributed by atoms with E-state index in [2.05, 4.69) is 10.3 Å². The van der Waals surface area contributed by atoms with Gasteiger partial charge in [0, 0.05) is 11.1 Å². The van der Waals surface area contributed by atoms with Crippen molar-refractivity contribution in [3.05, 3.63) is 76.4 Å². The topological polar surface area (TPSA) is 54.9 Å². The molecule has 0 bridgehead atoms. The Balaban J connectivity index is 1.82. The van der Waals surface area contributed by atoms with E-state index in [9.17, 15) is 4.79 Å². The molecule has 0 aliphatic heterocycles. The standard InChI is InChI=1S/C22H19N3OS/c1-13-11-14(2)23-15(3)21(13)25-22(26)17-12-19(20-9-6-10-27-20)24-18-8-5-4-7-16(17)18/h4-12H,1-3H3,(H,25,26). The monoisotopic (exact) mass is 373 g/mol. The van der Waals surface area contributed by atoms with Gasteiger partial charge in [0.25, 0.3) is 5.91 Å². The summed E-state index contributed by atoms with van der Waals surface area (Å²) < 4.78 is 0. The zero-order valence-corrected chi connectivity index (χ0v) is 16.2. The highest BCUT2D eigenvalue weighted by molar-refractivity contribution is 7.13. The SMILES string of the molecule is Cc1cc(C)c(NC(=O)c2cc(-c3cccs3)nc3ccccc23)c(C)n1. The van der Waals surface area contributed by atoms with Crippen LogP contribution in [0.15, 0.2) is 53.9 Å². The third-order valence-electron chi connectivity index (χ3n) is 4.50. The van der Waals surface area contributed by atoms with Crippen LogP contribution in [0.4, 0.5) is 5.69 Å². The van der Waals surface area contributed by atoms with Gasteiger partial charge in [-0.15, -0.1) is 11.3 Å². The van der Waals surface area contributed by atoms with Crippen molar-refractivity contribution < 1.29 is 4.79 Å². The van der Waals surface area contributed by atoms with Crippen LogP contribution in [0, 0.1) is 20.8 Å². The highest BCUT2D eigenvalue weighted by Gasteiger charge is 2.16. The fourth-order valence-electron chi connectivity index (χ4n) is 3.31. The first kappa shape index (κ1) is 17.4. The second kappa shape index (κ2) is 6.93. The number of benzene rings is 1. The third kappa shape index (κ3) is 3.34. The zero-order chi connectivity index (χ0) is 19.0. The Labute approximate surface area is 161 Å². The summed E-state index contributed by atoms with van der Waals surface area (Å²) in [6.45, 7) is 5.85. The Morgan fingerprint density at radius 2 is 1.81 bits per heavy atom. The van der Waals surface area contributed by atoms with Crippen molar-refractivity contribution in [1.82, 2.24) is 9.97 Å². The predicted molar refractivity (Wildman–Crippen MR) is 111 cm³/mol. The van der Waals surface area contributed by atoms with E-state index in [4.69, 9.17) is 4.98 Å². The molecular formula is C22H19N3OS. The van der Waals surface area contributed by atoms with Crippen LogP contribution >= 0.6 is 11.3 Å². The summed E-state index contributed by atoms with van der Waals surface area (Å²) in [4.78, 5) is 23.4. The lowest BCUT2D eigenvalue weighted by Gasteiger charge is -2.14. The molecule has 27 heavy (non-hydrogen) atoms. The molecule has 0 aliphatic carbocycles. The number of nitrogens with zero attached hydrogens (tertiary/aromatic N) is 2. The van der Waals surface area contributed by atoms with Crippen LogP contribution < -0.4 is 5.32 Å². The maximum Gasteiger partial charge on any atom is 0.256 e. The Bertz CT molecular complexity index is 1130. The first-order chi connectivity index (χ1) is 13.0. The Morgan fingerprint density at radius 1 is 1.00 bits per heavy atom. The molecule has 0 spiro atoms. The number of aryl methyl sites for hydroxylation is 3. The molecule has 4 rings (SSSR count). The minimum Gasteiger partial charge on any atom is -0.320 e. The molecule has 4 nitrogen and oxygen atoms in total. The maximum absolute atomic E-state index is 13.2. The largest absolute Gasteiger partial charge is 0.320 e. The number of carbonyl (C=O) groups excluding carboxylic acids is 1. The lowest BCUT2D eigenvalue weighted by molar-refractivity contribution is 0.102. The number of hydrogen-bond acceptors (Lipinski definition) is 4. The van der Waals surface area contributed by atoms with Crippen molar-refractivity contribution in [1.29, 1.82) is 0 Å². The van der Waals surface area contributed by atoms with Crippen LogP contribution in [0.5, 0.6) is 0 Å².